The first-order valence-electron chi connectivity index (χ1n) is 7.11. The number of aliphatic carboxylic acids is 1. The van der Waals surface area contributed by atoms with Crippen LogP contribution in [-0.4, -0.2) is 67.0 Å². The quantitative estimate of drug-likeness (QED) is 0.789. The molecule has 0 aromatic heterocycles. The Morgan fingerprint density at radius 3 is 2.19 bits per heavy atom. The predicted molar refractivity (Wildman–Crippen MR) is 76.1 cm³/mol. The van der Waals surface area contributed by atoms with E-state index in [-0.39, 0.29) is 18.4 Å². The monoisotopic (exact) mass is 318 g/mol. The van der Waals surface area contributed by atoms with Gasteiger partial charge in [0.05, 0.1) is 11.7 Å². The van der Waals surface area contributed by atoms with Gasteiger partial charge >= 0.3 is 5.97 Å². The van der Waals surface area contributed by atoms with Crippen molar-refractivity contribution < 1.29 is 23.1 Å². The van der Waals surface area contributed by atoms with E-state index < -0.39 is 21.4 Å². The highest BCUT2D eigenvalue weighted by molar-refractivity contribution is 7.88. The van der Waals surface area contributed by atoms with Crippen LogP contribution in [0.4, 0.5) is 0 Å². The number of hydrogen-bond donors (Lipinski definition) is 1. The highest BCUT2D eigenvalue weighted by atomic mass is 32.2. The second-order valence-corrected chi connectivity index (χ2v) is 8.29. The third-order valence-corrected chi connectivity index (χ3v) is 5.88. The van der Waals surface area contributed by atoms with Crippen molar-refractivity contribution in [1.82, 2.24) is 9.21 Å². The van der Waals surface area contributed by atoms with Crippen LogP contribution >= 0.6 is 0 Å². The van der Waals surface area contributed by atoms with E-state index in [4.69, 9.17) is 0 Å². The molecule has 2 aliphatic rings. The summed E-state index contributed by atoms with van der Waals surface area (Å²) in [6.45, 7) is 3.09. The molecular weight excluding hydrogens is 296 g/mol. The fourth-order valence-electron chi connectivity index (χ4n) is 3.02. The summed E-state index contributed by atoms with van der Waals surface area (Å²) in [5.41, 5.74) is -0.858. The SMILES string of the molecule is CC1(C(=O)O)CCN(C(=O)C2CCN(S(C)(=O)=O)CC2)C1. The molecule has 1 unspecified atom stereocenters. The molecule has 0 aliphatic carbocycles. The molecule has 7 nitrogen and oxygen atoms in total. The number of hydrogen-bond acceptors (Lipinski definition) is 4. The minimum absolute atomic E-state index is 0.0341. The lowest BCUT2D eigenvalue weighted by atomic mass is 9.90. The standard InChI is InChI=1S/C13H22N2O5S/c1-13(12(17)18)5-8-14(9-13)11(16)10-3-6-15(7-4-10)21(2,19)20/h10H,3-9H2,1-2H3,(H,17,18). The van der Waals surface area contributed by atoms with E-state index in [1.165, 1.54) is 10.6 Å². The molecule has 0 saturated carbocycles. The number of carboxylic acid groups (broad SMARTS) is 1. The number of nitrogens with zero attached hydrogens (tertiary/aromatic N) is 2. The maximum Gasteiger partial charge on any atom is 0.311 e. The number of sulfonamides is 1. The van der Waals surface area contributed by atoms with Gasteiger partial charge in [-0.05, 0) is 26.2 Å². The van der Waals surface area contributed by atoms with E-state index in [1.807, 2.05) is 0 Å². The van der Waals surface area contributed by atoms with Crippen LogP contribution in [-0.2, 0) is 19.6 Å². The number of amides is 1. The summed E-state index contributed by atoms with van der Waals surface area (Å²) in [5.74, 6) is -1.10. The van der Waals surface area contributed by atoms with Gasteiger partial charge in [-0.3, -0.25) is 9.59 Å². The lowest BCUT2D eigenvalue weighted by Gasteiger charge is -2.32. The van der Waals surface area contributed by atoms with Crippen molar-refractivity contribution in [2.75, 3.05) is 32.4 Å². The minimum atomic E-state index is -3.19. The maximum absolute atomic E-state index is 12.4. The van der Waals surface area contributed by atoms with E-state index in [9.17, 15) is 23.1 Å². The van der Waals surface area contributed by atoms with Crippen molar-refractivity contribution in [3.05, 3.63) is 0 Å². The second-order valence-electron chi connectivity index (χ2n) is 6.31. The number of piperidine rings is 1. The smallest absolute Gasteiger partial charge is 0.311 e. The molecule has 21 heavy (non-hydrogen) atoms. The first-order valence-corrected chi connectivity index (χ1v) is 8.96. The number of likely N-dealkylation sites (tertiary alicyclic amines) is 1. The first kappa shape index (κ1) is 16.2. The average molecular weight is 318 g/mol. The third kappa shape index (κ3) is 3.37. The van der Waals surface area contributed by atoms with Gasteiger partial charge in [0, 0.05) is 32.1 Å². The average Bonchev–Trinajstić information content (AvgIpc) is 2.81. The Morgan fingerprint density at radius 2 is 1.76 bits per heavy atom. The summed E-state index contributed by atoms with van der Waals surface area (Å²) in [7, 11) is -3.19. The highest BCUT2D eigenvalue weighted by Crippen LogP contribution is 2.32. The summed E-state index contributed by atoms with van der Waals surface area (Å²) in [6, 6.07) is 0. The molecular formula is C13H22N2O5S. The fraction of sp³-hybridized carbons (Fsp3) is 0.846. The van der Waals surface area contributed by atoms with Gasteiger partial charge in [-0.15, -0.1) is 0 Å². The summed E-state index contributed by atoms with van der Waals surface area (Å²) < 4.78 is 24.3. The van der Waals surface area contributed by atoms with Gasteiger partial charge in [-0.1, -0.05) is 0 Å². The van der Waals surface area contributed by atoms with Crippen LogP contribution in [0.5, 0.6) is 0 Å². The molecule has 1 amide bonds. The zero-order valence-corrected chi connectivity index (χ0v) is 13.2. The molecule has 0 radical (unpaired) electrons. The molecule has 0 spiro atoms. The molecule has 2 fully saturated rings. The molecule has 1 atom stereocenters. The lowest BCUT2D eigenvalue weighted by Crippen LogP contribution is -2.44. The lowest BCUT2D eigenvalue weighted by molar-refractivity contribution is -0.147. The summed E-state index contributed by atoms with van der Waals surface area (Å²) in [5, 5.41) is 9.20. The molecule has 2 rings (SSSR count). The van der Waals surface area contributed by atoms with Gasteiger partial charge in [0.15, 0.2) is 0 Å². The Morgan fingerprint density at radius 1 is 1.19 bits per heavy atom. The van der Waals surface area contributed by atoms with Crippen LogP contribution < -0.4 is 0 Å². The molecule has 0 aromatic rings. The van der Waals surface area contributed by atoms with Gasteiger partial charge in [-0.25, -0.2) is 12.7 Å². The summed E-state index contributed by atoms with van der Waals surface area (Å²) >= 11 is 0. The molecule has 8 heteroatoms. The number of carboxylic acids is 1. The van der Waals surface area contributed by atoms with Crippen LogP contribution in [0, 0.1) is 11.3 Å². The zero-order chi connectivity index (χ0) is 15.8. The van der Waals surface area contributed by atoms with E-state index in [1.54, 1.807) is 11.8 Å². The van der Waals surface area contributed by atoms with Crippen molar-refractivity contribution in [3.8, 4) is 0 Å². The summed E-state index contributed by atoms with van der Waals surface area (Å²) in [4.78, 5) is 25.3. The summed E-state index contributed by atoms with van der Waals surface area (Å²) in [6.07, 6.45) is 2.66. The van der Waals surface area contributed by atoms with Crippen LogP contribution in [0.2, 0.25) is 0 Å². The molecule has 120 valence electrons. The third-order valence-electron chi connectivity index (χ3n) is 4.57. The van der Waals surface area contributed by atoms with Gasteiger partial charge in [-0.2, -0.15) is 0 Å². The molecule has 0 bridgehead atoms. The number of rotatable bonds is 3. The second kappa shape index (κ2) is 5.57. The van der Waals surface area contributed by atoms with Crippen LogP contribution in [0.3, 0.4) is 0 Å². The van der Waals surface area contributed by atoms with E-state index in [2.05, 4.69) is 0 Å². The highest BCUT2D eigenvalue weighted by Gasteiger charge is 2.43. The van der Waals surface area contributed by atoms with Crippen molar-refractivity contribution in [2.24, 2.45) is 11.3 Å². The van der Waals surface area contributed by atoms with Gasteiger partial charge in [0.1, 0.15) is 0 Å². The van der Waals surface area contributed by atoms with Crippen LogP contribution in [0.1, 0.15) is 26.2 Å². The van der Waals surface area contributed by atoms with Crippen molar-refractivity contribution in [1.29, 1.82) is 0 Å². The Hall–Kier alpha value is -1.15. The van der Waals surface area contributed by atoms with Gasteiger partial charge < -0.3 is 10.0 Å². The molecule has 2 aliphatic heterocycles. The fourth-order valence-corrected chi connectivity index (χ4v) is 3.89. The predicted octanol–water partition coefficient (Wildman–Crippen LogP) is -0.0188. The van der Waals surface area contributed by atoms with Gasteiger partial charge in [0.2, 0.25) is 15.9 Å². The first-order chi connectivity index (χ1) is 9.63. The van der Waals surface area contributed by atoms with Crippen molar-refractivity contribution in [2.45, 2.75) is 26.2 Å². The Balaban J connectivity index is 1.93. The van der Waals surface area contributed by atoms with E-state index >= 15 is 0 Å². The number of carbonyl (C=O) groups is 2. The zero-order valence-electron chi connectivity index (χ0n) is 12.4. The maximum atomic E-state index is 12.4. The normalized spacial score (nSPS) is 28.8. The largest absolute Gasteiger partial charge is 0.481 e. The molecule has 0 aromatic carbocycles. The Labute approximate surface area is 125 Å². The van der Waals surface area contributed by atoms with E-state index in [0.29, 0.717) is 38.9 Å². The minimum Gasteiger partial charge on any atom is -0.481 e. The van der Waals surface area contributed by atoms with Crippen molar-refractivity contribution >= 4 is 21.9 Å². The van der Waals surface area contributed by atoms with E-state index in [0.717, 1.165) is 0 Å². The van der Waals surface area contributed by atoms with Crippen molar-refractivity contribution in [3.63, 3.8) is 0 Å². The molecule has 2 saturated heterocycles. The molecule has 1 N–H and O–H groups in total. The Kier molecular flexibility index (Phi) is 4.30. The molecule has 2 heterocycles. The van der Waals surface area contributed by atoms with Crippen LogP contribution in [0.25, 0.3) is 0 Å². The topological polar surface area (TPSA) is 95.0 Å². The van der Waals surface area contributed by atoms with Crippen LogP contribution in [0.15, 0.2) is 0 Å². The number of carbonyl (C=O) groups excluding carboxylic acids is 1. The Bertz CT molecular complexity index is 539. The van der Waals surface area contributed by atoms with Gasteiger partial charge in [0.25, 0.3) is 0 Å².